The Kier molecular flexibility index (Phi) is 7.70. The van der Waals surface area contributed by atoms with Crippen LogP contribution in [0.4, 0.5) is 4.39 Å². The molecule has 0 spiro atoms. The van der Waals surface area contributed by atoms with Crippen molar-refractivity contribution in [3.05, 3.63) is 35.6 Å². The molecule has 7 heteroatoms. The van der Waals surface area contributed by atoms with Gasteiger partial charge in [0.05, 0.1) is 19.3 Å². The highest BCUT2D eigenvalue weighted by molar-refractivity contribution is 14.0. The van der Waals surface area contributed by atoms with Crippen molar-refractivity contribution in [3.8, 4) is 0 Å². The van der Waals surface area contributed by atoms with E-state index in [1.807, 2.05) is 6.07 Å². The van der Waals surface area contributed by atoms with E-state index in [2.05, 4.69) is 27.6 Å². The number of hydrogen-bond acceptors (Lipinski definition) is 3. The van der Waals surface area contributed by atoms with Crippen molar-refractivity contribution in [3.63, 3.8) is 0 Å². The third kappa shape index (κ3) is 6.18. The molecule has 1 unspecified atom stereocenters. The second-order valence-electron chi connectivity index (χ2n) is 6.31. The van der Waals surface area contributed by atoms with Crippen LogP contribution in [0, 0.1) is 5.82 Å². The minimum Gasteiger partial charge on any atom is -0.374 e. The number of hydrogen-bond donors (Lipinski definition) is 2. The van der Waals surface area contributed by atoms with Crippen molar-refractivity contribution in [2.45, 2.75) is 31.5 Å². The predicted molar refractivity (Wildman–Crippen MR) is 104 cm³/mol. The molecule has 2 aliphatic rings. The molecular formula is C17H26FIN4O. The molecule has 1 aromatic carbocycles. The molecule has 1 saturated heterocycles. The molecule has 2 N–H and O–H groups in total. The average molecular weight is 448 g/mol. The molecule has 3 rings (SSSR count). The van der Waals surface area contributed by atoms with Crippen LogP contribution >= 0.6 is 24.0 Å². The van der Waals surface area contributed by atoms with E-state index < -0.39 is 0 Å². The second kappa shape index (κ2) is 9.53. The largest absolute Gasteiger partial charge is 0.374 e. The molecule has 134 valence electrons. The van der Waals surface area contributed by atoms with Gasteiger partial charge in [-0.15, -0.1) is 24.0 Å². The normalized spacial score (nSPS) is 21.9. The number of halogens is 2. The molecule has 1 aliphatic heterocycles. The average Bonchev–Trinajstić information content (AvgIpc) is 3.35. The van der Waals surface area contributed by atoms with Crippen LogP contribution in [0.1, 0.15) is 18.4 Å². The van der Waals surface area contributed by atoms with E-state index in [0.29, 0.717) is 24.7 Å². The number of ether oxygens (including phenoxy) is 1. The van der Waals surface area contributed by atoms with Gasteiger partial charge in [0.2, 0.25) is 0 Å². The van der Waals surface area contributed by atoms with Crippen LogP contribution in [0.25, 0.3) is 0 Å². The molecule has 1 heterocycles. The summed E-state index contributed by atoms with van der Waals surface area (Å²) in [5, 5.41) is 6.71. The van der Waals surface area contributed by atoms with Crippen molar-refractivity contribution >= 4 is 29.9 Å². The first kappa shape index (κ1) is 19.4. The van der Waals surface area contributed by atoms with Crippen LogP contribution in [-0.2, 0) is 11.3 Å². The van der Waals surface area contributed by atoms with E-state index in [4.69, 9.17) is 4.74 Å². The van der Waals surface area contributed by atoms with Gasteiger partial charge in [0.1, 0.15) is 5.82 Å². The fourth-order valence-corrected chi connectivity index (χ4v) is 2.57. The molecular weight excluding hydrogens is 422 g/mol. The fraction of sp³-hybridized carbons (Fsp3) is 0.588. The molecule has 0 aromatic heterocycles. The summed E-state index contributed by atoms with van der Waals surface area (Å²) in [4.78, 5) is 6.79. The zero-order chi connectivity index (χ0) is 16.1. The molecule has 0 amide bonds. The summed E-state index contributed by atoms with van der Waals surface area (Å²) < 4.78 is 19.5. The minimum atomic E-state index is -0.209. The lowest BCUT2D eigenvalue weighted by Gasteiger charge is -2.30. The third-order valence-corrected chi connectivity index (χ3v) is 4.12. The summed E-state index contributed by atoms with van der Waals surface area (Å²) in [7, 11) is 2.10. The van der Waals surface area contributed by atoms with Crippen molar-refractivity contribution in [1.82, 2.24) is 15.5 Å². The van der Waals surface area contributed by atoms with Gasteiger partial charge in [-0.2, -0.15) is 0 Å². The van der Waals surface area contributed by atoms with Gasteiger partial charge >= 0.3 is 0 Å². The van der Waals surface area contributed by atoms with Crippen LogP contribution in [0.15, 0.2) is 29.3 Å². The summed E-state index contributed by atoms with van der Waals surface area (Å²) in [6.45, 7) is 3.70. The van der Waals surface area contributed by atoms with Gasteiger partial charge in [-0.1, -0.05) is 18.2 Å². The molecule has 0 bridgehead atoms. The van der Waals surface area contributed by atoms with Crippen LogP contribution in [0.5, 0.6) is 0 Å². The quantitative estimate of drug-likeness (QED) is 0.411. The van der Waals surface area contributed by atoms with Crippen LogP contribution in [0.3, 0.4) is 0 Å². The lowest BCUT2D eigenvalue weighted by atomic mass is 10.2. The van der Waals surface area contributed by atoms with Crippen LogP contribution < -0.4 is 10.6 Å². The number of benzene rings is 1. The zero-order valence-corrected chi connectivity index (χ0v) is 16.3. The van der Waals surface area contributed by atoms with Gasteiger partial charge in [0, 0.05) is 31.2 Å². The highest BCUT2D eigenvalue weighted by Gasteiger charge is 2.23. The van der Waals surface area contributed by atoms with Gasteiger partial charge in [-0.3, -0.25) is 0 Å². The summed E-state index contributed by atoms with van der Waals surface area (Å²) in [6, 6.07) is 7.27. The molecule has 1 saturated carbocycles. The lowest BCUT2D eigenvalue weighted by molar-refractivity contribution is -0.0161. The Hall–Kier alpha value is -0.930. The van der Waals surface area contributed by atoms with Gasteiger partial charge in [-0.05, 0) is 26.0 Å². The fourth-order valence-electron chi connectivity index (χ4n) is 2.57. The van der Waals surface area contributed by atoms with Crippen molar-refractivity contribution in [1.29, 1.82) is 0 Å². The van der Waals surface area contributed by atoms with E-state index in [1.165, 1.54) is 18.9 Å². The van der Waals surface area contributed by atoms with Crippen molar-refractivity contribution in [2.75, 3.05) is 33.3 Å². The molecule has 1 atom stereocenters. The number of nitrogens with zero attached hydrogens (tertiary/aromatic N) is 2. The SMILES string of the molecule is CN1CCOC(CNC(=NCc2ccccc2F)NC2CC2)C1.I. The maximum absolute atomic E-state index is 13.7. The Bertz CT molecular complexity index is 553. The predicted octanol–water partition coefficient (Wildman–Crippen LogP) is 1.97. The number of guanidine groups is 1. The summed E-state index contributed by atoms with van der Waals surface area (Å²) >= 11 is 0. The molecule has 2 fully saturated rings. The van der Waals surface area contributed by atoms with E-state index in [-0.39, 0.29) is 35.9 Å². The second-order valence-corrected chi connectivity index (χ2v) is 6.31. The molecule has 1 aromatic rings. The number of morpholine rings is 1. The van der Waals surface area contributed by atoms with Gasteiger partial charge in [0.15, 0.2) is 5.96 Å². The number of aliphatic imine (C=N–C) groups is 1. The summed E-state index contributed by atoms with van der Waals surface area (Å²) in [5.74, 6) is 0.534. The molecule has 24 heavy (non-hydrogen) atoms. The Morgan fingerprint density at radius 1 is 1.38 bits per heavy atom. The maximum atomic E-state index is 13.7. The van der Waals surface area contributed by atoms with Gasteiger partial charge < -0.3 is 20.3 Å². The maximum Gasteiger partial charge on any atom is 0.191 e. The Labute approximate surface area is 160 Å². The molecule has 1 aliphatic carbocycles. The van der Waals surface area contributed by atoms with E-state index >= 15 is 0 Å². The minimum absolute atomic E-state index is 0. The standard InChI is InChI=1S/C17H25FN4O.HI/c1-22-8-9-23-15(12-22)11-20-17(21-14-6-7-14)19-10-13-4-2-3-5-16(13)18;/h2-5,14-15H,6-12H2,1H3,(H2,19,20,21);1H. The summed E-state index contributed by atoms with van der Waals surface area (Å²) in [6.07, 6.45) is 2.50. The van der Waals surface area contributed by atoms with Crippen LogP contribution in [0.2, 0.25) is 0 Å². The van der Waals surface area contributed by atoms with E-state index in [9.17, 15) is 4.39 Å². The third-order valence-electron chi connectivity index (χ3n) is 4.12. The molecule has 0 radical (unpaired) electrons. The summed E-state index contributed by atoms with van der Waals surface area (Å²) in [5.41, 5.74) is 0.609. The van der Waals surface area contributed by atoms with E-state index in [0.717, 1.165) is 25.7 Å². The Balaban J connectivity index is 0.00000208. The first-order valence-corrected chi connectivity index (χ1v) is 8.29. The lowest BCUT2D eigenvalue weighted by Crippen LogP contribution is -2.48. The van der Waals surface area contributed by atoms with Crippen molar-refractivity contribution < 1.29 is 9.13 Å². The number of rotatable bonds is 5. The first-order chi connectivity index (χ1) is 11.2. The van der Waals surface area contributed by atoms with Crippen molar-refractivity contribution in [2.24, 2.45) is 4.99 Å². The molecule has 5 nitrogen and oxygen atoms in total. The topological polar surface area (TPSA) is 48.9 Å². The van der Waals surface area contributed by atoms with Crippen LogP contribution in [-0.4, -0.2) is 56.3 Å². The number of likely N-dealkylation sites (N-methyl/N-ethyl adjacent to an activating group) is 1. The first-order valence-electron chi connectivity index (χ1n) is 8.29. The van der Waals surface area contributed by atoms with Gasteiger partial charge in [0.25, 0.3) is 0 Å². The highest BCUT2D eigenvalue weighted by atomic mass is 127. The number of nitrogens with one attached hydrogen (secondary N) is 2. The highest BCUT2D eigenvalue weighted by Crippen LogP contribution is 2.18. The van der Waals surface area contributed by atoms with Gasteiger partial charge in [-0.25, -0.2) is 9.38 Å². The Morgan fingerprint density at radius 3 is 2.88 bits per heavy atom. The Morgan fingerprint density at radius 2 is 2.17 bits per heavy atom. The van der Waals surface area contributed by atoms with E-state index in [1.54, 1.807) is 12.1 Å². The smallest absolute Gasteiger partial charge is 0.191 e. The monoisotopic (exact) mass is 448 g/mol. The zero-order valence-electron chi connectivity index (χ0n) is 14.0.